The van der Waals surface area contributed by atoms with Gasteiger partial charge in [-0.05, 0) is 30.7 Å². The van der Waals surface area contributed by atoms with Crippen molar-refractivity contribution in [2.24, 2.45) is 0 Å². The van der Waals surface area contributed by atoms with Gasteiger partial charge in [0.1, 0.15) is 5.69 Å². The molecule has 24 heavy (non-hydrogen) atoms. The molecule has 0 aliphatic carbocycles. The van der Waals surface area contributed by atoms with E-state index in [1.165, 1.54) is 0 Å². The van der Waals surface area contributed by atoms with Gasteiger partial charge in [0.05, 0.1) is 0 Å². The zero-order chi connectivity index (χ0) is 16.8. The van der Waals surface area contributed by atoms with Gasteiger partial charge < -0.3 is 15.1 Å². The van der Waals surface area contributed by atoms with E-state index >= 15 is 0 Å². The van der Waals surface area contributed by atoms with Crippen molar-refractivity contribution in [3.05, 3.63) is 60.4 Å². The lowest BCUT2D eigenvalue weighted by Crippen LogP contribution is -2.39. The second-order valence-electron chi connectivity index (χ2n) is 5.64. The number of carbonyl (C=O) groups excluding carboxylic acids is 2. The summed E-state index contributed by atoms with van der Waals surface area (Å²) in [6.45, 7) is 2.28. The molecule has 124 valence electrons. The smallest absolute Gasteiger partial charge is 0.321 e. The number of nitrogens with zero attached hydrogens (tertiary/aromatic N) is 3. The van der Waals surface area contributed by atoms with Gasteiger partial charge in [-0.1, -0.05) is 24.3 Å². The average Bonchev–Trinajstić information content (AvgIpc) is 2.89. The van der Waals surface area contributed by atoms with E-state index in [1.807, 2.05) is 30.3 Å². The zero-order valence-electron chi connectivity index (χ0n) is 13.4. The van der Waals surface area contributed by atoms with Gasteiger partial charge in [-0.2, -0.15) is 0 Å². The molecule has 1 N–H and O–H groups in total. The van der Waals surface area contributed by atoms with Crippen LogP contribution in [0.15, 0.2) is 54.7 Å². The lowest BCUT2D eigenvalue weighted by atomic mass is 10.3. The summed E-state index contributed by atoms with van der Waals surface area (Å²) in [5.74, 6) is -0.0825. The summed E-state index contributed by atoms with van der Waals surface area (Å²) < 4.78 is 0. The van der Waals surface area contributed by atoms with Crippen LogP contribution in [0.3, 0.4) is 0 Å². The number of para-hydroxylation sites is 1. The molecule has 1 fully saturated rings. The van der Waals surface area contributed by atoms with Crippen LogP contribution in [0, 0.1) is 0 Å². The van der Waals surface area contributed by atoms with E-state index in [1.54, 1.807) is 34.2 Å². The first kappa shape index (κ1) is 16.0. The van der Waals surface area contributed by atoms with E-state index < -0.39 is 0 Å². The molecule has 1 saturated heterocycles. The molecule has 1 aliphatic heterocycles. The van der Waals surface area contributed by atoms with Crippen LogP contribution in [-0.4, -0.2) is 52.9 Å². The molecule has 0 spiro atoms. The topological polar surface area (TPSA) is 65.5 Å². The minimum atomic E-state index is -0.131. The summed E-state index contributed by atoms with van der Waals surface area (Å²) in [6.07, 6.45) is 2.37. The van der Waals surface area contributed by atoms with Crippen molar-refractivity contribution in [1.29, 1.82) is 0 Å². The van der Waals surface area contributed by atoms with Gasteiger partial charge in [0, 0.05) is 38.1 Å². The predicted octanol–water partition coefficient (Wildman–Crippen LogP) is 2.46. The summed E-state index contributed by atoms with van der Waals surface area (Å²) in [7, 11) is 0. The quantitative estimate of drug-likeness (QED) is 0.923. The summed E-state index contributed by atoms with van der Waals surface area (Å²) in [6, 6.07) is 14.5. The molecule has 2 aromatic rings. The fourth-order valence-corrected chi connectivity index (χ4v) is 2.70. The Labute approximate surface area is 141 Å². The van der Waals surface area contributed by atoms with Crippen molar-refractivity contribution in [3.63, 3.8) is 0 Å². The molecular weight excluding hydrogens is 304 g/mol. The molecule has 0 saturated carbocycles. The van der Waals surface area contributed by atoms with Crippen molar-refractivity contribution in [2.45, 2.75) is 6.42 Å². The van der Waals surface area contributed by atoms with Crippen molar-refractivity contribution < 1.29 is 9.59 Å². The standard InChI is InChI=1S/C18H20N4O2/c23-17(16-9-4-5-10-19-16)21-11-6-12-22(14-13-21)18(24)20-15-7-2-1-3-8-15/h1-5,7-10H,6,11-14H2,(H,20,24). The lowest BCUT2D eigenvalue weighted by Gasteiger charge is -2.22. The van der Waals surface area contributed by atoms with Crippen molar-refractivity contribution in [3.8, 4) is 0 Å². The third-order valence-corrected chi connectivity index (χ3v) is 3.98. The highest BCUT2D eigenvalue weighted by Gasteiger charge is 2.23. The van der Waals surface area contributed by atoms with E-state index in [0.29, 0.717) is 31.9 Å². The number of anilines is 1. The van der Waals surface area contributed by atoms with Crippen LogP contribution >= 0.6 is 0 Å². The molecule has 3 rings (SSSR count). The number of amides is 3. The summed E-state index contributed by atoms with van der Waals surface area (Å²) in [4.78, 5) is 32.5. The Balaban J connectivity index is 1.59. The molecule has 0 bridgehead atoms. The number of carbonyl (C=O) groups is 2. The minimum Gasteiger partial charge on any atom is -0.335 e. The van der Waals surface area contributed by atoms with Crippen molar-refractivity contribution in [2.75, 3.05) is 31.5 Å². The van der Waals surface area contributed by atoms with E-state index in [-0.39, 0.29) is 11.9 Å². The first-order chi connectivity index (χ1) is 11.7. The Morgan fingerprint density at radius 1 is 0.875 bits per heavy atom. The molecule has 1 aromatic heterocycles. The van der Waals surface area contributed by atoms with E-state index in [0.717, 1.165) is 12.1 Å². The van der Waals surface area contributed by atoms with Crippen LogP contribution in [0.25, 0.3) is 0 Å². The van der Waals surface area contributed by atoms with Crippen LogP contribution in [0.1, 0.15) is 16.9 Å². The summed E-state index contributed by atoms with van der Waals surface area (Å²) in [5, 5.41) is 2.89. The van der Waals surface area contributed by atoms with E-state index in [2.05, 4.69) is 10.3 Å². The average molecular weight is 324 g/mol. The Morgan fingerprint density at radius 3 is 2.33 bits per heavy atom. The highest BCUT2D eigenvalue weighted by atomic mass is 16.2. The molecule has 1 aromatic carbocycles. The number of aromatic nitrogens is 1. The third kappa shape index (κ3) is 3.90. The number of hydrogen-bond donors (Lipinski definition) is 1. The van der Waals surface area contributed by atoms with Crippen LogP contribution in [-0.2, 0) is 0 Å². The highest BCUT2D eigenvalue weighted by molar-refractivity contribution is 5.92. The summed E-state index contributed by atoms with van der Waals surface area (Å²) >= 11 is 0. The number of urea groups is 1. The minimum absolute atomic E-state index is 0.0825. The molecular formula is C18H20N4O2. The van der Waals surface area contributed by atoms with Gasteiger partial charge in [0.25, 0.3) is 5.91 Å². The lowest BCUT2D eigenvalue weighted by molar-refractivity contribution is 0.0757. The van der Waals surface area contributed by atoms with Crippen LogP contribution in [0.4, 0.5) is 10.5 Å². The van der Waals surface area contributed by atoms with Gasteiger partial charge in [0.15, 0.2) is 0 Å². The maximum Gasteiger partial charge on any atom is 0.321 e. The van der Waals surface area contributed by atoms with Crippen LogP contribution < -0.4 is 5.32 Å². The number of benzene rings is 1. The van der Waals surface area contributed by atoms with Gasteiger partial charge >= 0.3 is 6.03 Å². The Morgan fingerprint density at radius 2 is 1.58 bits per heavy atom. The van der Waals surface area contributed by atoms with E-state index in [9.17, 15) is 9.59 Å². The highest BCUT2D eigenvalue weighted by Crippen LogP contribution is 2.11. The SMILES string of the molecule is O=C(Nc1ccccc1)N1CCCN(C(=O)c2ccccn2)CC1. The largest absolute Gasteiger partial charge is 0.335 e. The number of rotatable bonds is 2. The molecule has 6 heteroatoms. The van der Waals surface area contributed by atoms with Gasteiger partial charge in [0.2, 0.25) is 0 Å². The first-order valence-corrected chi connectivity index (χ1v) is 8.05. The van der Waals surface area contributed by atoms with E-state index in [4.69, 9.17) is 0 Å². The Hall–Kier alpha value is -2.89. The monoisotopic (exact) mass is 324 g/mol. The van der Waals surface area contributed by atoms with Crippen molar-refractivity contribution in [1.82, 2.24) is 14.8 Å². The first-order valence-electron chi connectivity index (χ1n) is 8.05. The maximum atomic E-state index is 12.5. The number of hydrogen-bond acceptors (Lipinski definition) is 3. The fourth-order valence-electron chi connectivity index (χ4n) is 2.70. The molecule has 6 nitrogen and oxygen atoms in total. The second-order valence-corrected chi connectivity index (χ2v) is 5.64. The molecule has 0 unspecified atom stereocenters. The normalized spacial score (nSPS) is 14.8. The summed E-state index contributed by atoms with van der Waals surface area (Å²) in [5.41, 5.74) is 1.22. The van der Waals surface area contributed by atoms with Crippen LogP contribution in [0.2, 0.25) is 0 Å². The predicted molar refractivity (Wildman–Crippen MR) is 91.8 cm³/mol. The molecule has 1 aliphatic rings. The van der Waals surface area contributed by atoms with Gasteiger partial charge in [-0.3, -0.25) is 9.78 Å². The molecule has 0 radical (unpaired) electrons. The zero-order valence-corrected chi connectivity index (χ0v) is 13.4. The molecule has 3 amide bonds. The molecule has 2 heterocycles. The second kappa shape index (κ2) is 7.59. The maximum absolute atomic E-state index is 12.5. The van der Waals surface area contributed by atoms with Gasteiger partial charge in [-0.15, -0.1) is 0 Å². The number of nitrogens with one attached hydrogen (secondary N) is 1. The van der Waals surface area contributed by atoms with Gasteiger partial charge in [-0.25, -0.2) is 4.79 Å². The third-order valence-electron chi connectivity index (χ3n) is 3.98. The van der Waals surface area contributed by atoms with Crippen molar-refractivity contribution >= 4 is 17.6 Å². The Kier molecular flexibility index (Phi) is 5.05. The Bertz CT molecular complexity index is 691. The molecule has 0 atom stereocenters. The van der Waals surface area contributed by atoms with Crippen LogP contribution in [0.5, 0.6) is 0 Å². The number of pyridine rings is 1. The fraction of sp³-hybridized carbons (Fsp3) is 0.278.